The minimum Gasteiger partial charge on any atom is -0.394 e. The molecule has 0 aliphatic carbocycles. The monoisotopic (exact) mass is 651 g/mol. The van der Waals surface area contributed by atoms with Gasteiger partial charge >= 0.3 is 0 Å². The summed E-state index contributed by atoms with van der Waals surface area (Å²) in [6, 6.07) is 22.4. The van der Waals surface area contributed by atoms with Gasteiger partial charge in [0.2, 0.25) is 11.8 Å². The molecule has 4 aliphatic rings. The van der Waals surface area contributed by atoms with Crippen LogP contribution in [-0.4, -0.2) is 69.6 Å². The number of fused-ring (bicyclic) bond motifs is 2. The molecule has 1 unspecified atom stereocenters. The molecule has 2 saturated heterocycles. The Morgan fingerprint density at radius 2 is 1.57 bits per heavy atom. The molecule has 0 saturated carbocycles. The van der Waals surface area contributed by atoms with E-state index in [0.29, 0.717) is 35.8 Å². The molecule has 9 heteroatoms. The lowest BCUT2D eigenvalue weighted by atomic mass is 9.73. The zero-order valence-electron chi connectivity index (χ0n) is 26.5. The van der Waals surface area contributed by atoms with Gasteiger partial charge in [-0.2, -0.15) is 0 Å². The van der Waals surface area contributed by atoms with Gasteiger partial charge in [0.25, 0.3) is 5.91 Å². The van der Waals surface area contributed by atoms with Crippen molar-refractivity contribution in [3.63, 3.8) is 0 Å². The first-order chi connectivity index (χ1) is 22.8. The molecule has 1 N–H and O–H groups in total. The van der Waals surface area contributed by atoms with Crippen molar-refractivity contribution < 1.29 is 24.2 Å². The average Bonchev–Trinajstić information content (AvgIpc) is 3.38. The largest absolute Gasteiger partial charge is 0.394 e. The van der Waals surface area contributed by atoms with Gasteiger partial charge in [-0.15, -0.1) is 0 Å². The van der Waals surface area contributed by atoms with Gasteiger partial charge in [-0.05, 0) is 36.1 Å². The molecule has 2 fully saturated rings. The molecule has 7 rings (SSSR count). The maximum Gasteiger partial charge on any atom is 0.253 e. The zero-order chi connectivity index (χ0) is 32.9. The van der Waals surface area contributed by atoms with Crippen LogP contribution in [0.3, 0.4) is 0 Å². The van der Waals surface area contributed by atoms with Crippen LogP contribution in [0.4, 0.5) is 5.69 Å². The summed E-state index contributed by atoms with van der Waals surface area (Å²) in [7, 11) is 0. The number of aryl methyl sites for hydroxylation is 1. The Balaban J connectivity index is 1.40. The van der Waals surface area contributed by atoms with Crippen LogP contribution in [0.15, 0.2) is 103 Å². The van der Waals surface area contributed by atoms with Crippen molar-refractivity contribution in [3.8, 4) is 0 Å². The maximum atomic E-state index is 15.1. The number of nitrogens with zero attached hydrogens (tertiary/aromatic N) is 3. The number of likely N-dealkylation sites (tertiary alicyclic amines) is 1. The summed E-state index contributed by atoms with van der Waals surface area (Å²) in [5.41, 5.74) is 0.426. The second kappa shape index (κ2) is 12.1. The summed E-state index contributed by atoms with van der Waals surface area (Å²) < 4.78 is 7.15. The Labute approximate surface area is 279 Å². The first-order valence-electron chi connectivity index (χ1n) is 16.2. The van der Waals surface area contributed by atoms with E-state index in [4.69, 9.17) is 16.3 Å². The van der Waals surface area contributed by atoms with E-state index >= 15 is 9.59 Å². The molecular formula is C38H38ClN3O5. The van der Waals surface area contributed by atoms with Crippen LogP contribution >= 0.6 is 11.6 Å². The highest BCUT2D eigenvalue weighted by Crippen LogP contribution is 2.60. The first-order valence-corrected chi connectivity index (χ1v) is 16.6. The quantitative estimate of drug-likeness (QED) is 0.353. The van der Waals surface area contributed by atoms with E-state index < -0.39 is 47.6 Å². The molecule has 6 atom stereocenters. The number of rotatable bonds is 7. The van der Waals surface area contributed by atoms with Crippen LogP contribution in [0, 0.1) is 18.8 Å². The maximum absolute atomic E-state index is 15.1. The number of aliphatic hydroxyl groups is 1. The highest BCUT2D eigenvalue weighted by Gasteiger charge is 2.76. The fraction of sp³-hybridized carbons (Fsp3) is 0.342. The predicted octanol–water partition coefficient (Wildman–Crippen LogP) is 5.24. The van der Waals surface area contributed by atoms with Gasteiger partial charge in [0, 0.05) is 19.6 Å². The van der Waals surface area contributed by atoms with Crippen molar-refractivity contribution in [2.24, 2.45) is 11.8 Å². The van der Waals surface area contributed by atoms with E-state index in [0.717, 1.165) is 11.1 Å². The standard InChI is InChI=1S/C38H38ClN3O5/c1-3-37-19-11-21-40(23-26-14-6-4-7-15-26)34(44)30(37)31-35(45)42(29(24-43)27-16-8-5-9-17-27)33-36(46)41(22-12-20-38(31,33)47-37)32-25(2)13-10-18-28(32)39/h4-20,29-31,33,43H,3,21-24H2,1-2H3/t29-,30+,31+,33?,37-,38+/m1/s1. The Bertz CT molecular complexity index is 1740. The highest BCUT2D eigenvalue weighted by atomic mass is 35.5. The molecule has 3 aromatic rings. The third-order valence-electron chi connectivity index (χ3n) is 10.3. The number of carbonyl (C=O) groups is 3. The van der Waals surface area contributed by atoms with E-state index in [1.165, 1.54) is 4.90 Å². The lowest BCUT2D eigenvalue weighted by Gasteiger charge is -2.41. The van der Waals surface area contributed by atoms with Gasteiger partial charge in [0.1, 0.15) is 11.6 Å². The van der Waals surface area contributed by atoms with Crippen LogP contribution in [0.2, 0.25) is 5.02 Å². The number of ether oxygens (including phenoxy) is 1. The molecule has 3 aromatic carbocycles. The van der Waals surface area contributed by atoms with E-state index in [2.05, 4.69) is 0 Å². The van der Waals surface area contributed by atoms with Crippen molar-refractivity contribution in [1.29, 1.82) is 0 Å². The average molecular weight is 652 g/mol. The lowest BCUT2D eigenvalue weighted by Crippen LogP contribution is -2.57. The number of anilines is 1. The van der Waals surface area contributed by atoms with Crippen LogP contribution in [0.25, 0.3) is 0 Å². The molecule has 3 amide bonds. The summed E-state index contributed by atoms with van der Waals surface area (Å²) in [6.45, 7) is 4.36. The Morgan fingerprint density at radius 3 is 2.26 bits per heavy atom. The number of para-hydroxylation sites is 1. The van der Waals surface area contributed by atoms with Crippen LogP contribution in [0.5, 0.6) is 0 Å². The molecule has 8 nitrogen and oxygen atoms in total. The molecule has 242 valence electrons. The minimum atomic E-state index is -1.48. The second-order valence-electron chi connectivity index (χ2n) is 12.8. The van der Waals surface area contributed by atoms with Crippen molar-refractivity contribution in [3.05, 3.63) is 125 Å². The molecule has 0 radical (unpaired) electrons. The molecule has 4 heterocycles. The summed E-state index contributed by atoms with van der Waals surface area (Å²) in [5.74, 6) is -2.86. The van der Waals surface area contributed by atoms with Gasteiger partial charge in [0.05, 0.1) is 40.8 Å². The third-order valence-corrected chi connectivity index (χ3v) is 10.6. The van der Waals surface area contributed by atoms with Crippen molar-refractivity contribution in [1.82, 2.24) is 9.80 Å². The molecule has 47 heavy (non-hydrogen) atoms. The Kier molecular flexibility index (Phi) is 8.07. The summed E-state index contributed by atoms with van der Waals surface area (Å²) in [5, 5.41) is 11.3. The van der Waals surface area contributed by atoms with Crippen LogP contribution in [0.1, 0.15) is 36.1 Å². The van der Waals surface area contributed by atoms with Gasteiger partial charge in [-0.1, -0.05) is 116 Å². The predicted molar refractivity (Wildman–Crippen MR) is 179 cm³/mol. The number of hydrogen-bond acceptors (Lipinski definition) is 5. The van der Waals surface area contributed by atoms with E-state index in [1.807, 2.05) is 111 Å². The fourth-order valence-corrected chi connectivity index (χ4v) is 8.55. The normalized spacial score (nSPS) is 29.0. The van der Waals surface area contributed by atoms with Crippen molar-refractivity contribution in [2.45, 2.75) is 50.1 Å². The topological polar surface area (TPSA) is 90.4 Å². The number of amides is 3. The van der Waals surface area contributed by atoms with Gasteiger partial charge < -0.3 is 24.5 Å². The zero-order valence-corrected chi connectivity index (χ0v) is 27.2. The number of carbonyl (C=O) groups excluding carboxylic acids is 3. The summed E-state index contributed by atoms with van der Waals surface area (Å²) in [4.78, 5) is 49.8. The smallest absolute Gasteiger partial charge is 0.253 e. The lowest BCUT2D eigenvalue weighted by molar-refractivity contribution is -0.153. The molecule has 4 aliphatic heterocycles. The number of aliphatic hydroxyl groups excluding tert-OH is 1. The van der Waals surface area contributed by atoms with E-state index in [-0.39, 0.29) is 18.4 Å². The number of benzene rings is 3. The van der Waals surface area contributed by atoms with Crippen LogP contribution < -0.4 is 4.90 Å². The molecule has 0 aromatic heterocycles. The molecule has 1 spiro atoms. The van der Waals surface area contributed by atoms with E-state index in [9.17, 15) is 9.90 Å². The third kappa shape index (κ3) is 4.84. The number of hydrogen-bond donors (Lipinski definition) is 1. The fourth-order valence-electron chi connectivity index (χ4n) is 8.23. The Hall–Kier alpha value is -4.24. The number of halogens is 1. The molecular weight excluding hydrogens is 614 g/mol. The van der Waals surface area contributed by atoms with Gasteiger partial charge in [-0.25, -0.2) is 0 Å². The molecule has 0 bridgehead atoms. The van der Waals surface area contributed by atoms with Gasteiger partial charge in [-0.3, -0.25) is 14.4 Å². The first kappa shape index (κ1) is 31.4. The Morgan fingerprint density at radius 1 is 0.872 bits per heavy atom. The van der Waals surface area contributed by atoms with Gasteiger partial charge in [0.15, 0.2) is 0 Å². The summed E-state index contributed by atoms with van der Waals surface area (Å²) >= 11 is 6.72. The second-order valence-corrected chi connectivity index (χ2v) is 13.2. The summed E-state index contributed by atoms with van der Waals surface area (Å²) in [6.07, 6.45) is 7.99. The van der Waals surface area contributed by atoms with Crippen molar-refractivity contribution in [2.75, 3.05) is 24.6 Å². The minimum absolute atomic E-state index is 0.194. The van der Waals surface area contributed by atoms with E-state index in [1.54, 1.807) is 15.9 Å². The highest BCUT2D eigenvalue weighted by molar-refractivity contribution is 6.34. The van der Waals surface area contributed by atoms with Crippen LogP contribution in [-0.2, 0) is 25.7 Å². The SMILES string of the molecule is CC[C@@]12C=CCN(Cc3ccccc3)C(=O)[C@@H]1[C@H]1C(=O)N([C@H](CO)c3ccccc3)C3C(=O)N(c4c(C)cccc4Cl)CC=C[C@@]31O2. The van der Waals surface area contributed by atoms with Crippen molar-refractivity contribution >= 4 is 35.0 Å².